The lowest BCUT2D eigenvalue weighted by atomic mass is 9.94. The molecule has 2 N–H and O–H groups in total. The summed E-state index contributed by atoms with van der Waals surface area (Å²) in [5.41, 5.74) is 8.15. The van der Waals surface area contributed by atoms with E-state index < -0.39 is 0 Å². The maximum atomic E-state index is 12.2. The summed E-state index contributed by atoms with van der Waals surface area (Å²) in [5, 5.41) is 11.4. The van der Waals surface area contributed by atoms with Crippen LogP contribution in [-0.4, -0.2) is 51.7 Å². The van der Waals surface area contributed by atoms with E-state index in [4.69, 9.17) is 4.74 Å². The van der Waals surface area contributed by atoms with Gasteiger partial charge in [-0.05, 0) is 54.2 Å². The first-order valence-electron chi connectivity index (χ1n) is 12.0. The number of amides is 1. The summed E-state index contributed by atoms with van der Waals surface area (Å²) < 4.78 is 5.80. The number of carbonyl (C=O) groups excluding carboxylic acids is 1. The summed E-state index contributed by atoms with van der Waals surface area (Å²) >= 11 is 0. The Hall–Kier alpha value is -3.71. The number of hydrogen-bond donors (Lipinski definition) is 2. The summed E-state index contributed by atoms with van der Waals surface area (Å²) in [5.74, 6) is 0.477. The van der Waals surface area contributed by atoms with E-state index >= 15 is 0 Å². The number of rotatable bonds is 3. The van der Waals surface area contributed by atoms with Crippen LogP contribution in [0, 0.1) is 0 Å². The van der Waals surface area contributed by atoms with Crippen LogP contribution in [0.1, 0.15) is 34.3 Å². The molecule has 0 bridgehead atoms. The molecule has 7 rings (SSSR count). The van der Waals surface area contributed by atoms with Crippen molar-refractivity contribution >= 4 is 16.9 Å². The van der Waals surface area contributed by atoms with E-state index in [1.807, 2.05) is 18.3 Å². The van der Waals surface area contributed by atoms with Gasteiger partial charge in [-0.2, -0.15) is 5.10 Å². The van der Waals surface area contributed by atoms with Crippen molar-refractivity contribution in [3.05, 3.63) is 65.4 Å². The molecule has 170 valence electrons. The fraction of sp³-hybridized carbons (Fsp3) is 0.296. The third-order valence-electron chi connectivity index (χ3n) is 7.21. The van der Waals surface area contributed by atoms with Gasteiger partial charge in [-0.25, -0.2) is 4.98 Å². The van der Waals surface area contributed by atoms with Gasteiger partial charge < -0.3 is 10.1 Å². The van der Waals surface area contributed by atoms with Gasteiger partial charge in [-0.3, -0.25) is 14.8 Å². The van der Waals surface area contributed by atoms with Crippen LogP contribution in [0.5, 0.6) is 5.75 Å². The number of pyridine rings is 1. The van der Waals surface area contributed by atoms with Crippen LogP contribution in [0.4, 0.5) is 0 Å². The molecular weight excluding hydrogens is 426 g/mol. The van der Waals surface area contributed by atoms with E-state index in [0.717, 1.165) is 53.4 Å². The molecule has 4 heterocycles. The molecular formula is C27H25N5O2. The normalized spacial score (nSPS) is 18.1. The fourth-order valence-electron chi connectivity index (χ4n) is 5.18. The topological polar surface area (TPSA) is 83.1 Å². The molecule has 0 atom stereocenters. The fourth-order valence-corrected chi connectivity index (χ4v) is 5.18. The van der Waals surface area contributed by atoms with Gasteiger partial charge in [0, 0.05) is 41.8 Å². The Labute approximate surface area is 197 Å². The first-order chi connectivity index (χ1) is 16.7. The maximum Gasteiger partial charge on any atom is 0.255 e. The highest BCUT2D eigenvalue weighted by Gasteiger charge is 2.31. The summed E-state index contributed by atoms with van der Waals surface area (Å²) in [7, 11) is 0. The van der Waals surface area contributed by atoms with Crippen LogP contribution in [-0.2, 0) is 13.0 Å². The number of carbonyl (C=O) groups is 1. The summed E-state index contributed by atoms with van der Waals surface area (Å²) in [6.45, 7) is 3.18. The molecule has 0 unspecified atom stereocenters. The number of aromatic amines is 1. The lowest BCUT2D eigenvalue weighted by Gasteiger charge is -2.29. The summed E-state index contributed by atoms with van der Waals surface area (Å²) in [6, 6.07) is 15.4. The van der Waals surface area contributed by atoms with E-state index in [0.29, 0.717) is 24.5 Å². The highest BCUT2D eigenvalue weighted by molar-refractivity contribution is 5.99. The third-order valence-corrected chi connectivity index (χ3v) is 7.21. The number of nitrogens with one attached hydrogen (secondary N) is 2. The van der Waals surface area contributed by atoms with Gasteiger partial charge in [0.05, 0.1) is 12.1 Å². The molecule has 0 saturated heterocycles. The molecule has 1 aliphatic carbocycles. The highest BCUT2D eigenvalue weighted by Crippen LogP contribution is 2.35. The van der Waals surface area contributed by atoms with Gasteiger partial charge in [0.25, 0.3) is 5.91 Å². The van der Waals surface area contributed by atoms with Crippen LogP contribution >= 0.6 is 0 Å². The second-order valence-corrected chi connectivity index (χ2v) is 9.44. The van der Waals surface area contributed by atoms with Crippen molar-refractivity contribution in [3.63, 3.8) is 0 Å². The zero-order chi connectivity index (χ0) is 22.6. The van der Waals surface area contributed by atoms with Crippen LogP contribution in [0.2, 0.25) is 0 Å². The Balaban J connectivity index is 1.25. The average Bonchev–Trinajstić information content (AvgIpc) is 3.67. The Kier molecular flexibility index (Phi) is 4.45. The lowest BCUT2D eigenvalue weighted by Crippen LogP contribution is -2.32. The minimum atomic E-state index is -0.109. The van der Waals surface area contributed by atoms with Crippen molar-refractivity contribution in [2.45, 2.75) is 31.8 Å². The molecule has 3 aliphatic rings. The molecule has 7 heteroatoms. The molecule has 2 aliphatic heterocycles. The highest BCUT2D eigenvalue weighted by atomic mass is 16.5. The number of aromatic nitrogens is 3. The van der Waals surface area contributed by atoms with E-state index in [9.17, 15) is 4.79 Å². The number of H-pyrrole nitrogens is 1. The SMILES string of the molecule is O=C1NCCOc2cc(-c3n[nH]c4ncc(-c5ccc6c(c5)CCN(C5CC5)C6)cc34)ccc21. The number of fused-ring (bicyclic) bond motifs is 3. The first kappa shape index (κ1) is 19.7. The smallest absolute Gasteiger partial charge is 0.255 e. The number of hydrogen-bond acceptors (Lipinski definition) is 5. The lowest BCUT2D eigenvalue weighted by molar-refractivity contribution is 0.0957. The second kappa shape index (κ2) is 7.67. The number of ether oxygens (including phenoxy) is 1. The molecule has 2 aromatic carbocycles. The Morgan fingerprint density at radius 3 is 2.82 bits per heavy atom. The maximum absolute atomic E-state index is 12.2. The minimum Gasteiger partial charge on any atom is -0.491 e. The molecule has 1 amide bonds. The summed E-state index contributed by atoms with van der Waals surface area (Å²) in [4.78, 5) is 19.5. The van der Waals surface area contributed by atoms with Crippen molar-refractivity contribution < 1.29 is 9.53 Å². The average molecular weight is 452 g/mol. The zero-order valence-corrected chi connectivity index (χ0v) is 18.8. The molecule has 1 fully saturated rings. The molecule has 34 heavy (non-hydrogen) atoms. The molecule has 7 nitrogen and oxygen atoms in total. The van der Waals surface area contributed by atoms with Gasteiger partial charge in [-0.1, -0.05) is 24.3 Å². The predicted octanol–water partition coefficient (Wildman–Crippen LogP) is 3.93. The first-order valence-corrected chi connectivity index (χ1v) is 12.0. The van der Waals surface area contributed by atoms with Gasteiger partial charge >= 0.3 is 0 Å². The van der Waals surface area contributed by atoms with Crippen molar-refractivity contribution in [2.75, 3.05) is 19.7 Å². The van der Waals surface area contributed by atoms with E-state index in [2.05, 4.69) is 49.7 Å². The molecule has 1 saturated carbocycles. The van der Waals surface area contributed by atoms with Gasteiger partial charge in [0.15, 0.2) is 5.65 Å². The zero-order valence-electron chi connectivity index (χ0n) is 18.8. The Morgan fingerprint density at radius 2 is 1.91 bits per heavy atom. The monoisotopic (exact) mass is 451 g/mol. The molecule has 4 aromatic rings. The van der Waals surface area contributed by atoms with Crippen molar-refractivity contribution in [3.8, 4) is 28.1 Å². The Bertz CT molecular complexity index is 1440. The van der Waals surface area contributed by atoms with Crippen LogP contribution < -0.4 is 10.1 Å². The molecule has 0 spiro atoms. The Morgan fingerprint density at radius 1 is 1.00 bits per heavy atom. The van der Waals surface area contributed by atoms with Crippen molar-refractivity contribution in [1.29, 1.82) is 0 Å². The van der Waals surface area contributed by atoms with E-state index in [-0.39, 0.29) is 5.91 Å². The van der Waals surface area contributed by atoms with Gasteiger partial charge in [0.2, 0.25) is 0 Å². The second-order valence-electron chi connectivity index (χ2n) is 9.44. The number of nitrogens with zero attached hydrogens (tertiary/aromatic N) is 3. The predicted molar refractivity (Wildman–Crippen MR) is 130 cm³/mol. The summed E-state index contributed by atoms with van der Waals surface area (Å²) in [6.07, 6.45) is 5.73. The van der Waals surface area contributed by atoms with Gasteiger partial charge in [0.1, 0.15) is 18.1 Å². The van der Waals surface area contributed by atoms with Crippen LogP contribution in [0.15, 0.2) is 48.7 Å². The molecule has 2 aromatic heterocycles. The van der Waals surface area contributed by atoms with E-state index in [1.54, 1.807) is 6.07 Å². The standard InChI is InChI=1S/C27H25N5O2/c33-27-22-6-3-18(13-24(22)34-10-8-28-27)25-23-12-20(14-29-26(23)31-30-25)16-1-2-19-15-32(21-4-5-21)9-7-17(19)11-16/h1-3,6,11-14,21H,4-5,7-10,15H2,(H,28,33)(H,29,30,31). The van der Waals surface area contributed by atoms with Crippen LogP contribution in [0.25, 0.3) is 33.4 Å². The van der Waals surface area contributed by atoms with Gasteiger partial charge in [-0.15, -0.1) is 0 Å². The van der Waals surface area contributed by atoms with Crippen molar-refractivity contribution in [1.82, 2.24) is 25.4 Å². The third kappa shape index (κ3) is 3.35. The van der Waals surface area contributed by atoms with E-state index in [1.165, 1.54) is 29.5 Å². The minimum absolute atomic E-state index is 0.109. The quantitative estimate of drug-likeness (QED) is 0.493. The molecule has 0 radical (unpaired) electrons. The van der Waals surface area contributed by atoms with Crippen molar-refractivity contribution in [2.24, 2.45) is 0 Å². The largest absolute Gasteiger partial charge is 0.491 e. The van der Waals surface area contributed by atoms with Crippen LogP contribution in [0.3, 0.4) is 0 Å². The number of benzene rings is 2.